The number of aromatic nitrogens is 3. The smallest absolute Gasteiger partial charge is 0.244 e. The van der Waals surface area contributed by atoms with E-state index < -0.39 is 0 Å². The summed E-state index contributed by atoms with van der Waals surface area (Å²) in [7, 11) is 1.69. The van der Waals surface area contributed by atoms with Gasteiger partial charge in [0.25, 0.3) is 0 Å². The number of nitrogens with one attached hydrogen (secondary N) is 2. The number of nitriles is 1. The number of nitrogens with zero attached hydrogens (tertiary/aromatic N) is 4. The molecule has 0 spiro atoms. The van der Waals surface area contributed by atoms with Crippen molar-refractivity contribution >= 4 is 11.7 Å². The highest BCUT2D eigenvalue weighted by Gasteiger charge is 2.14. The van der Waals surface area contributed by atoms with Crippen LogP contribution in [0.5, 0.6) is 0 Å². The summed E-state index contributed by atoms with van der Waals surface area (Å²) in [5.41, 5.74) is 7.65. The molecule has 0 aliphatic rings. The predicted octanol–water partition coefficient (Wildman–Crippen LogP) is 1.94. The highest BCUT2D eigenvalue weighted by Crippen LogP contribution is 2.20. The molecule has 8 heteroatoms. The molecule has 2 heterocycles. The van der Waals surface area contributed by atoms with Gasteiger partial charge in [-0.3, -0.25) is 20.3 Å². The molecule has 3 aromatic rings. The molecule has 0 saturated carbocycles. The van der Waals surface area contributed by atoms with Crippen molar-refractivity contribution in [3.05, 3.63) is 53.3 Å². The third kappa shape index (κ3) is 3.50. The van der Waals surface area contributed by atoms with Gasteiger partial charge in [-0.05, 0) is 6.92 Å². The van der Waals surface area contributed by atoms with Gasteiger partial charge in [0.2, 0.25) is 5.91 Å². The van der Waals surface area contributed by atoms with Crippen LogP contribution in [0.4, 0.5) is 5.82 Å². The Bertz CT molecular complexity index is 936. The van der Waals surface area contributed by atoms with Crippen molar-refractivity contribution in [1.29, 1.82) is 5.26 Å². The number of anilines is 1. The van der Waals surface area contributed by atoms with E-state index in [4.69, 9.17) is 9.78 Å². The van der Waals surface area contributed by atoms with Crippen LogP contribution in [0.2, 0.25) is 0 Å². The van der Waals surface area contributed by atoms with E-state index in [1.54, 1.807) is 20.0 Å². The number of carbonyl (C=O) groups is 1. The van der Waals surface area contributed by atoms with E-state index in [1.165, 1.54) is 4.68 Å². The van der Waals surface area contributed by atoms with Gasteiger partial charge in [0.15, 0.2) is 11.6 Å². The predicted molar refractivity (Wildman–Crippen MR) is 90.1 cm³/mol. The van der Waals surface area contributed by atoms with Crippen LogP contribution < -0.4 is 10.9 Å². The minimum Gasteiger partial charge on any atom is -0.356 e. The number of benzene rings is 1. The summed E-state index contributed by atoms with van der Waals surface area (Å²) >= 11 is 0. The van der Waals surface area contributed by atoms with Crippen LogP contribution >= 0.6 is 0 Å². The summed E-state index contributed by atoms with van der Waals surface area (Å²) in [6.07, 6.45) is 0.0437. The van der Waals surface area contributed by atoms with Crippen LogP contribution in [0.1, 0.15) is 17.0 Å². The monoisotopic (exact) mass is 336 g/mol. The minimum atomic E-state index is -0.310. The molecule has 25 heavy (non-hydrogen) atoms. The van der Waals surface area contributed by atoms with Crippen molar-refractivity contribution in [2.75, 3.05) is 5.43 Å². The first-order valence-electron chi connectivity index (χ1n) is 7.58. The van der Waals surface area contributed by atoms with Gasteiger partial charge in [-0.2, -0.15) is 10.4 Å². The quantitative estimate of drug-likeness (QED) is 0.689. The van der Waals surface area contributed by atoms with Gasteiger partial charge in [-0.15, -0.1) is 0 Å². The van der Waals surface area contributed by atoms with Crippen LogP contribution in [-0.4, -0.2) is 20.8 Å². The summed E-state index contributed by atoms with van der Waals surface area (Å²) in [6.45, 7) is 1.73. The molecule has 2 N–H and O–H groups in total. The number of hydrazine groups is 1. The fourth-order valence-electron chi connectivity index (χ4n) is 2.41. The molecule has 1 aromatic carbocycles. The van der Waals surface area contributed by atoms with Crippen LogP contribution in [0.25, 0.3) is 11.3 Å². The van der Waals surface area contributed by atoms with Crippen LogP contribution in [-0.2, 0) is 18.3 Å². The van der Waals surface area contributed by atoms with Gasteiger partial charge in [0.05, 0.1) is 17.8 Å². The normalized spacial score (nSPS) is 10.3. The van der Waals surface area contributed by atoms with Crippen molar-refractivity contribution in [2.24, 2.45) is 7.05 Å². The Kier molecular flexibility index (Phi) is 4.48. The van der Waals surface area contributed by atoms with E-state index in [9.17, 15) is 4.79 Å². The molecule has 126 valence electrons. The molecule has 8 nitrogen and oxygen atoms in total. The lowest BCUT2D eigenvalue weighted by Crippen LogP contribution is -2.32. The first-order valence-corrected chi connectivity index (χ1v) is 7.58. The van der Waals surface area contributed by atoms with E-state index in [0.29, 0.717) is 28.5 Å². The minimum absolute atomic E-state index is 0.0437. The van der Waals surface area contributed by atoms with E-state index in [2.05, 4.69) is 27.2 Å². The molecule has 0 fully saturated rings. The third-order valence-electron chi connectivity index (χ3n) is 3.61. The fourth-order valence-corrected chi connectivity index (χ4v) is 2.41. The van der Waals surface area contributed by atoms with Crippen molar-refractivity contribution in [3.63, 3.8) is 0 Å². The van der Waals surface area contributed by atoms with Gasteiger partial charge in [0.1, 0.15) is 11.6 Å². The molecule has 1 amide bonds. The lowest BCUT2D eigenvalue weighted by molar-refractivity contribution is -0.120. The molecule has 0 saturated heterocycles. The molecule has 0 unspecified atom stereocenters. The number of aryl methyl sites for hydroxylation is 2. The summed E-state index contributed by atoms with van der Waals surface area (Å²) in [5.74, 6) is 0.722. The molecule has 0 atom stereocenters. The van der Waals surface area contributed by atoms with Crippen molar-refractivity contribution in [2.45, 2.75) is 13.3 Å². The SMILES string of the molecule is Cc1nn(C)c(NNC(=O)Cc2cc(-c3ccccc3)on2)c1C#N. The van der Waals surface area contributed by atoms with E-state index in [1.807, 2.05) is 30.3 Å². The van der Waals surface area contributed by atoms with Crippen molar-refractivity contribution in [3.8, 4) is 17.4 Å². The molecule has 3 rings (SSSR count). The molecule has 0 radical (unpaired) electrons. The second-order valence-corrected chi connectivity index (χ2v) is 5.44. The Morgan fingerprint density at radius 2 is 2.12 bits per heavy atom. The van der Waals surface area contributed by atoms with Crippen LogP contribution in [0, 0.1) is 18.3 Å². The summed E-state index contributed by atoms with van der Waals surface area (Å²) in [4.78, 5) is 12.1. The van der Waals surface area contributed by atoms with Crippen molar-refractivity contribution in [1.82, 2.24) is 20.4 Å². The first-order chi connectivity index (χ1) is 12.1. The van der Waals surface area contributed by atoms with Gasteiger partial charge >= 0.3 is 0 Å². The van der Waals surface area contributed by atoms with Gasteiger partial charge in [0, 0.05) is 18.7 Å². The molecular weight excluding hydrogens is 320 g/mol. The van der Waals surface area contributed by atoms with Gasteiger partial charge in [-0.1, -0.05) is 35.5 Å². The fraction of sp³-hybridized carbons (Fsp3) is 0.176. The van der Waals surface area contributed by atoms with E-state index in [-0.39, 0.29) is 12.3 Å². The standard InChI is InChI=1S/C17H16N6O2/c1-11-14(10-18)17(23(2)21-11)20-19-16(24)9-13-8-15(25-22-13)12-6-4-3-5-7-12/h3-8,20H,9H2,1-2H3,(H,19,24). The second-order valence-electron chi connectivity index (χ2n) is 5.44. The van der Waals surface area contributed by atoms with Gasteiger partial charge in [-0.25, -0.2) is 0 Å². The zero-order chi connectivity index (χ0) is 17.8. The number of rotatable bonds is 5. The maximum Gasteiger partial charge on any atom is 0.244 e. The Labute approximate surface area is 144 Å². The lowest BCUT2D eigenvalue weighted by Gasteiger charge is -2.08. The average molecular weight is 336 g/mol. The largest absolute Gasteiger partial charge is 0.356 e. The maximum absolute atomic E-state index is 12.1. The number of amides is 1. The Morgan fingerprint density at radius 1 is 1.36 bits per heavy atom. The molecule has 0 bridgehead atoms. The average Bonchev–Trinajstić information content (AvgIpc) is 3.17. The number of carbonyl (C=O) groups excluding carboxylic acids is 1. The number of hydrogen-bond donors (Lipinski definition) is 2. The van der Waals surface area contributed by atoms with Crippen LogP contribution in [0.3, 0.4) is 0 Å². The second kappa shape index (κ2) is 6.88. The highest BCUT2D eigenvalue weighted by atomic mass is 16.5. The third-order valence-corrected chi connectivity index (χ3v) is 3.61. The summed E-state index contributed by atoms with van der Waals surface area (Å²) in [5, 5.41) is 17.2. The lowest BCUT2D eigenvalue weighted by atomic mass is 10.1. The number of hydrogen-bond acceptors (Lipinski definition) is 6. The first kappa shape index (κ1) is 16.3. The van der Waals surface area contributed by atoms with Crippen LogP contribution in [0.15, 0.2) is 40.9 Å². The Balaban J connectivity index is 1.63. The topological polar surface area (TPSA) is 109 Å². The van der Waals surface area contributed by atoms with E-state index >= 15 is 0 Å². The van der Waals surface area contributed by atoms with E-state index in [0.717, 1.165) is 5.56 Å². The molecule has 0 aliphatic heterocycles. The summed E-state index contributed by atoms with van der Waals surface area (Å²) < 4.78 is 6.76. The summed E-state index contributed by atoms with van der Waals surface area (Å²) in [6, 6.07) is 13.3. The zero-order valence-electron chi connectivity index (χ0n) is 13.8. The Hall–Kier alpha value is -3.60. The zero-order valence-corrected chi connectivity index (χ0v) is 13.8. The Morgan fingerprint density at radius 3 is 2.84 bits per heavy atom. The van der Waals surface area contributed by atoms with Gasteiger partial charge < -0.3 is 4.52 Å². The molecule has 0 aliphatic carbocycles. The highest BCUT2D eigenvalue weighted by molar-refractivity contribution is 5.80. The molecule has 2 aromatic heterocycles. The maximum atomic E-state index is 12.1. The van der Waals surface area contributed by atoms with Crippen molar-refractivity contribution < 1.29 is 9.32 Å². The molecular formula is C17H16N6O2.